The van der Waals surface area contributed by atoms with E-state index < -0.39 is 0 Å². The molecule has 0 aliphatic carbocycles. The lowest BCUT2D eigenvalue weighted by Gasteiger charge is -2.29. The Bertz CT molecular complexity index is 926. The van der Waals surface area contributed by atoms with Crippen LogP contribution in [-0.4, -0.2) is 29.0 Å². The van der Waals surface area contributed by atoms with Crippen molar-refractivity contribution < 1.29 is 4.79 Å². The highest BCUT2D eigenvalue weighted by Crippen LogP contribution is 2.31. The van der Waals surface area contributed by atoms with Crippen LogP contribution in [0.25, 0.3) is 0 Å². The number of hydrogen-bond acceptors (Lipinski definition) is 4. The largest absolute Gasteiger partial charge is 0.350 e. The number of aryl methyl sites for hydroxylation is 1. The van der Waals surface area contributed by atoms with E-state index in [1.165, 1.54) is 11.1 Å². The van der Waals surface area contributed by atoms with Gasteiger partial charge in [0.25, 0.3) is 5.91 Å². The van der Waals surface area contributed by atoms with Crippen molar-refractivity contribution in [1.82, 2.24) is 15.3 Å². The molecule has 0 spiro atoms. The Morgan fingerprint density at radius 2 is 1.85 bits per heavy atom. The summed E-state index contributed by atoms with van der Waals surface area (Å²) in [5.41, 5.74) is 4.03. The molecule has 1 N–H and O–H groups in total. The molecule has 1 aromatic heterocycles. The van der Waals surface area contributed by atoms with E-state index in [0.717, 1.165) is 31.5 Å². The molecule has 5 nitrogen and oxygen atoms in total. The Kier molecular flexibility index (Phi) is 5.10. The lowest BCUT2D eigenvalue weighted by atomic mass is 10.0. The van der Waals surface area contributed by atoms with Gasteiger partial charge in [-0.25, -0.2) is 9.97 Å². The molecule has 1 amide bonds. The average molecular weight is 358 g/mol. The molecular weight excluding hydrogens is 336 g/mol. The van der Waals surface area contributed by atoms with Crippen LogP contribution >= 0.6 is 0 Å². The summed E-state index contributed by atoms with van der Waals surface area (Å²) < 4.78 is 0. The molecule has 2 heterocycles. The standard InChI is InChI=1S/C22H22N4O/c27-21(23-14-12-17-7-2-1-3-8-17)19-13-15-24-22(25-19)26-16-6-10-18-9-4-5-11-20(18)26/h1-5,7-9,11,13,15H,6,10,12,14,16H2,(H,23,27). The number of fused-ring (bicyclic) bond motifs is 1. The highest BCUT2D eigenvalue weighted by Gasteiger charge is 2.20. The number of rotatable bonds is 5. The Morgan fingerprint density at radius 3 is 2.74 bits per heavy atom. The first-order chi connectivity index (χ1) is 13.3. The van der Waals surface area contributed by atoms with E-state index in [9.17, 15) is 4.79 Å². The second kappa shape index (κ2) is 7.99. The normalized spacial score (nSPS) is 13.1. The number of anilines is 2. The van der Waals surface area contributed by atoms with Crippen LogP contribution in [0.3, 0.4) is 0 Å². The molecule has 0 atom stereocenters. The topological polar surface area (TPSA) is 58.1 Å². The zero-order chi connectivity index (χ0) is 18.5. The zero-order valence-corrected chi connectivity index (χ0v) is 15.1. The Hall–Kier alpha value is -3.21. The van der Waals surface area contributed by atoms with Crippen LogP contribution in [0.5, 0.6) is 0 Å². The van der Waals surface area contributed by atoms with Crippen LogP contribution in [0.1, 0.15) is 28.0 Å². The van der Waals surface area contributed by atoms with E-state index in [-0.39, 0.29) is 5.91 Å². The lowest BCUT2D eigenvalue weighted by molar-refractivity contribution is 0.0949. The number of benzene rings is 2. The monoisotopic (exact) mass is 358 g/mol. The molecule has 5 heteroatoms. The second-order valence-corrected chi connectivity index (χ2v) is 6.62. The number of hydrogen-bond donors (Lipinski definition) is 1. The molecule has 3 aromatic rings. The first-order valence-electron chi connectivity index (χ1n) is 9.32. The zero-order valence-electron chi connectivity index (χ0n) is 15.1. The van der Waals surface area contributed by atoms with Crippen LogP contribution in [-0.2, 0) is 12.8 Å². The van der Waals surface area contributed by atoms with Crippen LogP contribution in [0, 0.1) is 0 Å². The third kappa shape index (κ3) is 3.97. The Morgan fingerprint density at radius 1 is 1.04 bits per heavy atom. The van der Waals surface area contributed by atoms with Crippen molar-refractivity contribution in [2.75, 3.05) is 18.0 Å². The fourth-order valence-corrected chi connectivity index (χ4v) is 3.40. The quantitative estimate of drug-likeness (QED) is 0.758. The van der Waals surface area contributed by atoms with E-state index in [0.29, 0.717) is 18.2 Å². The third-order valence-electron chi connectivity index (χ3n) is 4.77. The van der Waals surface area contributed by atoms with Crippen molar-refractivity contribution in [3.8, 4) is 0 Å². The van der Waals surface area contributed by atoms with Crippen molar-refractivity contribution in [3.63, 3.8) is 0 Å². The number of amides is 1. The SMILES string of the molecule is O=C(NCCc1ccccc1)c1ccnc(N2CCCc3ccccc32)n1. The number of para-hydroxylation sites is 1. The highest BCUT2D eigenvalue weighted by atomic mass is 16.1. The maximum Gasteiger partial charge on any atom is 0.270 e. The van der Waals surface area contributed by atoms with Gasteiger partial charge in [0.15, 0.2) is 0 Å². The minimum atomic E-state index is -0.167. The fourth-order valence-electron chi connectivity index (χ4n) is 3.40. The second-order valence-electron chi connectivity index (χ2n) is 6.62. The van der Waals surface area contributed by atoms with Crippen LogP contribution in [0.2, 0.25) is 0 Å². The first kappa shape index (κ1) is 17.2. The first-order valence-corrected chi connectivity index (χ1v) is 9.32. The summed E-state index contributed by atoms with van der Waals surface area (Å²) in [5, 5.41) is 2.95. The summed E-state index contributed by atoms with van der Waals surface area (Å²) in [6.45, 7) is 1.44. The van der Waals surface area contributed by atoms with Crippen LogP contribution in [0.15, 0.2) is 66.9 Å². The molecule has 1 aliphatic heterocycles. The maximum atomic E-state index is 12.5. The third-order valence-corrected chi connectivity index (χ3v) is 4.77. The molecule has 0 saturated carbocycles. The highest BCUT2D eigenvalue weighted by molar-refractivity contribution is 5.92. The molecule has 136 valence electrons. The summed E-state index contributed by atoms with van der Waals surface area (Å²) in [6, 6.07) is 20.1. The molecule has 0 radical (unpaired) electrons. The van der Waals surface area contributed by atoms with E-state index >= 15 is 0 Å². The van der Waals surface area contributed by atoms with E-state index in [4.69, 9.17) is 0 Å². The predicted octanol–water partition coefficient (Wildman–Crippen LogP) is 3.53. The van der Waals surface area contributed by atoms with Gasteiger partial charge >= 0.3 is 0 Å². The van der Waals surface area contributed by atoms with Gasteiger partial charge < -0.3 is 10.2 Å². The van der Waals surface area contributed by atoms with Crippen molar-refractivity contribution in [1.29, 1.82) is 0 Å². The Balaban J connectivity index is 1.46. The van der Waals surface area contributed by atoms with E-state index in [1.807, 2.05) is 24.3 Å². The number of nitrogens with zero attached hydrogens (tertiary/aromatic N) is 3. The number of nitrogens with one attached hydrogen (secondary N) is 1. The molecule has 0 bridgehead atoms. The van der Waals surface area contributed by atoms with Gasteiger partial charge in [0.1, 0.15) is 5.69 Å². The summed E-state index contributed by atoms with van der Waals surface area (Å²) in [7, 11) is 0. The van der Waals surface area contributed by atoms with Gasteiger partial charge in [-0.3, -0.25) is 4.79 Å². The molecule has 4 rings (SSSR count). The van der Waals surface area contributed by atoms with Crippen molar-refractivity contribution in [2.24, 2.45) is 0 Å². The van der Waals surface area contributed by atoms with Crippen molar-refractivity contribution in [3.05, 3.63) is 83.7 Å². The molecule has 0 saturated heterocycles. The Labute approximate surface area is 159 Å². The van der Waals surface area contributed by atoms with Gasteiger partial charge in [-0.15, -0.1) is 0 Å². The average Bonchev–Trinajstić information content (AvgIpc) is 2.74. The number of carbonyl (C=O) groups excluding carboxylic acids is 1. The van der Waals surface area contributed by atoms with Crippen LogP contribution < -0.4 is 10.2 Å². The smallest absolute Gasteiger partial charge is 0.270 e. The summed E-state index contributed by atoms with van der Waals surface area (Å²) in [6.07, 6.45) is 4.57. The molecule has 0 fully saturated rings. The molecule has 0 unspecified atom stereocenters. The van der Waals surface area contributed by atoms with Gasteiger partial charge in [-0.1, -0.05) is 48.5 Å². The molecule has 27 heavy (non-hydrogen) atoms. The number of aromatic nitrogens is 2. The van der Waals surface area contributed by atoms with Gasteiger partial charge in [-0.2, -0.15) is 0 Å². The summed E-state index contributed by atoms with van der Waals surface area (Å²) in [5.74, 6) is 0.415. The predicted molar refractivity (Wildman–Crippen MR) is 106 cm³/mol. The van der Waals surface area contributed by atoms with E-state index in [2.05, 4.69) is 50.5 Å². The van der Waals surface area contributed by atoms with E-state index in [1.54, 1.807) is 12.3 Å². The minimum Gasteiger partial charge on any atom is -0.350 e. The summed E-state index contributed by atoms with van der Waals surface area (Å²) >= 11 is 0. The van der Waals surface area contributed by atoms with Crippen molar-refractivity contribution >= 4 is 17.5 Å². The maximum absolute atomic E-state index is 12.5. The molecule has 1 aliphatic rings. The lowest BCUT2D eigenvalue weighted by Crippen LogP contribution is -2.29. The molecule has 2 aromatic carbocycles. The van der Waals surface area contributed by atoms with Crippen LogP contribution in [0.4, 0.5) is 11.6 Å². The van der Waals surface area contributed by atoms with Gasteiger partial charge in [0.05, 0.1) is 0 Å². The van der Waals surface area contributed by atoms with Gasteiger partial charge in [0.2, 0.25) is 5.95 Å². The number of carbonyl (C=O) groups is 1. The molecular formula is C22H22N4O. The minimum absolute atomic E-state index is 0.167. The van der Waals surface area contributed by atoms with Gasteiger partial charge in [0, 0.05) is 25.0 Å². The van der Waals surface area contributed by atoms with Crippen molar-refractivity contribution in [2.45, 2.75) is 19.3 Å². The van der Waals surface area contributed by atoms with Gasteiger partial charge in [-0.05, 0) is 42.5 Å². The fraction of sp³-hybridized carbons (Fsp3) is 0.227. The summed E-state index contributed by atoms with van der Waals surface area (Å²) in [4.78, 5) is 23.5.